The summed E-state index contributed by atoms with van der Waals surface area (Å²) < 4.78 is 1.44. The van der Waals surface area contributed by atoms with Crippen LogP contribution in [0.15, 0.2) is 12.3 Å². The molecule has 0 bridgehead atoms. The first-order chi connectivity index (χ1) is 15.1. The molecule has 7 heteroatoms. The standard InChI is InChI=1S/C24H44N4O3/c1-2-3-4-5-6-7-8-9-10-11-12-13-14-15-16-17-20-25-24(29)19-22-27-21-18-23(26-27)28(30)31/h18,21H,2-17,19-20,22H2,1H3,(H,25,29). The van der Waals surface area contributed by atoms with E-state index in [1.807, 2.05) is 0 Å². The minimum absolute atomic E-state index is 0.0286. The number of aromatic nitrogens is 2. The molecule has 0 aliphatic carbocycles. The zero-order valence-electron chi connectivity index (χ0n) is 19.7. The van der Waals surface area contributed by atoms with Crippen molar-refractivity contribution in [2.24, 2.45) is 0 Å². The van der Waals surface area contributed by atoms with Crippen LogP contribution < -0.4 is 5.32 Å². The lowest BCUT2D eigenvalue weighted by atomic mass is 10.0. The third-order valence-corrected chi connectivity index (χ3v) is 5.73. The topological polar surface area (TPSA) is 90.1 Å². The fraction of sp³-hybridized carbons (Fsp3) is 0.833. The highest BCUT2D eigenvalue weighted by Crippen LogP contribution is 2.13. The van der Waals surface area contributed by atoms with Crippen LogP contribution in [-0.4, -0.2) is 27.2 Å². The molecule has 1 N–H and O–H groups in total. The molecule has 0 spiro atoms. The molecule has 1 aromatic rings. The number of nitro groups is 1. The van der Waals surface area contributed by atoms with E-state index < -0.39 is 4.92 Å². The van der Waals surface area contributed by atoms with Crippen molar-refractivity contribution in [2.45, 2.75) is 123 Å². The van der Waals surface area contributed by atoms with Gasteiger partial charge in [-0.15, -0.1) is 0 Å². The summed E-state index contributed by atoms with van der Waals surface area (Å²) in [5, 5.41) is 17.3. The number of aryl methyl sites for hydroxylation is 1. The summed E-state index contributed by atoms with van der Waals surface area (Å²) in [6, 6.07) is 1.34. The second kappa shape index (κ2) is 18.8. The Morgan fingerprint density at radius 2 is 1.39 bits per heavy atom. The van der Waals surface area contributed by atoms with Crippen LogP contribution in [0.4, 0.5) is 5.82 Å². The smallest absolute Gasteiger partial charge is 0.358 e. The molecule has 7 nitrogen and oxygen atoms in total. The first-order valence-corrected chi connectivity index (χ1v) is 12.6. The van der Waals surface area contributed by atoms with Crippen LogP contribution in [0.5, 0.6) is 0 Å². The van der Waals surface area contributed by atoms with Gasteiger partial charge >= 0.3 is 5.82 Å². The first kappa shape index (κ1) is 27.1. The van der Waals surface area contributed by atoms with E-state index in [-0.39, 0.29) is 18.1 Å². The number of rotatable bonds is 21. The second-order valence-corrected chi connectivity index (χ2v) is 8.60. The quantitative estimate of drug-likeness (QED) is 0.134. The largest absolute Gasteiger partial charge is 0.389 e. The van der Waals surface area contributed by atoms with Crippen molar-refractivity contribution in [1.82, 2.24) is 15.1 Å². The van der Waals surface area contributed by atoms with Crippen molar-refractivity contribution in [3.63, 3.8) is 0 Å². The lowest BCUT2D eigenvalue weighted by Gasteiger charge is -2.05. The van der Waals surface area contributed by atoms with Crippen LogP contribution in [0.1, 0.15) is 116 Å². The Kier molecular flexibility index (Phi) is 16.5. The fourth-order valence-corrected chi connectivity index (χ4v) is 3.78. The molecule has 1 heterocycles. The molecule has 0 atom stereocenters. The average Bonchev–Trinajstić information content (AvgIpc) is 3.24. The first-order valence-electron chi connectivity index (χ1n) is 12.6. The minimum atomic E-state index is -0.534. The number of unbranched alkanes of at least 4 members (excludes halogenated alkanes) is 15. The van der Waals surface area contributed by atoms with Gasteiger partial charge in [-0.3, -0.25) is 4.79 Å². The van der Waals surface area contributed by atoms with Crippen LogP contribution in [0.2, 0.25) is 0 Å². The van der Waals surface area contributed by atoms with Crippen molar-refractivity contribution < 1.29 is 9.72 Å². The lowest BCUT2D eigenvalue weighted by Crippen LogP contribution is -2.25. The molecule has 0 aliphatic heterocycles. The highest BCUT2D eigenvalue weighted by atomic mass is 16.6. The Morgan fingerprint density at radius 3 is 1.84 bits per heavy atom. The van der Waals surface area contributed by atoms with E-state index in [1.165, 1.54) is 107 Å². The van der Waals surface area contributed by atoms with Gasteiger partial charge in [-0.2, -0.15) is 4.68 Å². The number of hydrogen-bond donors (Lipinski definition) is 1. The fourth-order valence-electron chi connectivity index (χ4n) is 3.78. The number of hydrogen-bond acceptors (Lipinski definition) is 4. The summed E-state index contributed by atoms with van der Waals surface area (Å²) in [5.74, 6) is -0.215. The van der Waals surface area contributed by atoms with E-state index >= 15 is 0 Å². The van der Waals surface area contributed by atoms with E-state index in [1.54, 1.807) is 0 Å². The van der Waals surface area contributed by atoms with Gasteiger partial charge in [0.15, 0.2) is 0 Å². The molecule has 0 saturated carbocycles. The molecule has 31 heavy (non-hydrogen) atoms. The Labute approximate surface area is 188 Å². The van der Waals surface area contributed by atoms with Crippen LogP contribution >= 0.6 is 0 Å². The molecule has 0 aromatic carbocycles. The summed E-state index contributed by atoms with van der Waals surface area (Å²) in [6.07, 6.45) is 23.2. The molecule has 1 rings (SSSR count). The van der Waals surface area contributed by atoms with E-state index in [4.69, 9.17) is 0 Å². The van der Waals surface area contributed by atoms with Gasteiger partial charge in [-0.1, -0.05) is 103 Å². The summed E-state index contributed by atoms with van der Waals surface area (Å²) in [6.45, 7) is 3.34. The predicted molar refractivity (Wildman–Crippen MR) is 126 cm³/mol. The third kappa shape index (κ3) is 15.5. The summed E-state index contributed by atoms with van der Waals surface area (Å²) >= 11 is 0. The molecule has 0 saturated heterocycles. The van der Waals surface area contributed by atoms with Crippen LogP contribution in [0, 0.1) is 10.1 Å². The molecule has 0 aliphatic rings. The summed E-state index contributed by atoms with van der Waals surface area (Å²) in [4.78, 5) is 21.9. The Hall–Kier alpha value is -1.92. The third-order valence-electron chi connectivity index (χ3n) is 5.73. The molecular weight excluding hydrogens is 392 g/mol. The number of nitrogens with one attached hydrogen (secondary N) is 1. The van der Waals surface area contributed by atoms with Gasteiger partial charge in [0.05, 0.1) is 23.9 Å². The monoisotopic (exact) mass is 436 g/mol. The van der Waals surface area contributed by atoms with Gasteiger partial charge in [0.1, 0.15) is 0 Å². The molecule has 0 radical (unpaired) electrons. The van der Waals surface area contributed by atoms with Crippen molar-refractivity contribution in [3.05, 3.63) is 22.4 Å². The SMILES string of the molecule is CCCCCCCCCCCCCCCCCCNC(=O)CCn1ccc([N+](=O)[O-])n1. The highest BCUT2D eigenvalue weighted by Gasteiger charge is 2.11. The summed E-state index contributed by atoms with van der Waals surface area (Å²) in [5.41, 5.74) is 0. The van der Waals surface area contributed by atoms with Gasteiger partial charge in [0.25, 0.3) is 0 Å². The van der Waals surface area contributed by atoms with Crippen molar-refractivity contribution in [1.29, 1.82) is 0 Å². The number of carbonyl (C=O) groups excluding carboxylic acids is 1. The maximum atomic E-state index is 11.8. The van der Waals surface area contributed by atoms with E-state index in [2.05, 4.69) is 17.3 Å². The van der Waals surface area contributed by atoms with Crippen molar-refractivity contribution >= 4 is 11.7 Å². The van der Waals surface area contributed by atoms with E-state index in [0.29, 0.717) is 13.1 Å². The van der Waals surface area contributed by atoms with Gasteiger partial charge in [-0.05, 0) is 11.3 Å². The minimum Gasteiger partial charge on any atom is -0.358 e. The molecular formula is C24H44N4O3. The lowest BCUT2D eigenvalue weighted by molar-refractivity contribution is -0.389. The van der Waals surface area contributed by atoms with Crippen LogP contribution in [0.3, 0.4) is 0 Å². The molecule has 1 amide bonds. The van der Waals surface area contributed by atoms with Gasteiger partial charge < -0.3 is 15.4 Å². The second-order valence-electron chi connectivity index (χ2n) is 8.60. The van der Waals surface area contributed by atoms with Crippen LogP contribution in [0.25, 0.3) is 0 Å². The van der Waals surface area contributed by atoms with Gasteiger partial charge in [0, 0.05) is 13.0 Å². The zero-order chi connectivity index (χ0) is 22.6. The molecule has 178 valence electrons. The Morgan fingerprint density at radius 1 is 0.903 bits per heavy atom. The molecule has 1 aromatic heterocycles. The van der Waals surface area contributed by atoms with Crippen molar-refractivity contribution in [2.75, 3.05) is 6.54 Å². The highest BCUT2D eigenvalue weighted by molar-refractivity contribution is 5.75. The Bertz CT molecular complexity index is 589. The molecule has 0 unspecified atom stereocenters. The average molecular weight is 437 g/mol. The number of nitrogens with zero attached hydrogens (tertiary/aromatic N) is 3. The van der Waals surface area contributed by atoms with Crippen LogP contribution in [-0.2, 0) is 11.3 Å². The normalized spacial score (nSPS) is 11.0. The maximum Gasteiger partial charge on any atom is 0.389 e. The molecule has 0 fully saturated rings. The number of carbonyl (C=O) groups is 1. The number of amides is 1. The Balaban J connectivity index is 1.80. The maximum absolute atomic E-state index is 11.8. The summed E-state index contributed by atoms with van der Waals surface area (Å²) in [7, 11) is 0. The zero-order valence-corrected chi connectivity index (χ0v) is 19.7. The van der Waals surface area contributed by atoms with E-state index in [9.17, 15) is 14.9 Å². The van der Waals surface area contributed by atoms with E-state index in [0.717, 1.165) is 12.8 Å². The van der Waals surface area contributed by atoms with Gasteiger partial charge in [0.2, 0.25) is 5.91 Å². The van der Waals surface area contributed by atoms with Crippen molar-refractivity contribution in [3.8, 4) is 0 Å². The van der Waals surface area contributed by atoms with Gasteiger partial charge in [-0.25, -0.2) is 0 Å². The predicted octanol–water partition coefficient (Wildman–Crippen LogP) is 6.56.